The van der Waals surface area contributed by atoms with Crippen molar-refractivity contribution in [2.45, 2.75) is 70.0 Å². The van der Waals surface area contributed by atoms with Crippen molar-refractivity contribution in [3.05, 3.63) is 46.4 Å². The van der Waals surface area contributed by atoms with Crippen LogP contribution in [0.3, 0.4) is 0 Å². The number of ether oxygens (including phenoxy) is 1. The third-order valence-electron chi connectivity index (χ3n) is 6.77. The van der Waals surface area contributed by atoms with E-state index >= 15 is 0 Å². The van der Waals surface area contributed by atoms with Crippen molar-refractivity contribution in [2.24, 2.45) is 17.6 Å². The molecule has 3 rings (SSSR count). The lowest BCUT2D eigenvalue weighted by Gasteiger charge is -2.53. The van der Waals surface area contributed by atoms with E-state index in [9.17, 15) is 19.9 Å². The molecule has 0 amide bonds. The molecule has 1 aromatic carbocycles. The lowest BCUT2D eigenvalue weighted by molar-refractivity contribution is -0.975. The van der Waals surface area contributed by atoms with Gasteiger partial charge in [0.25, 0.3) is 0 Å². The summed E-state index contributed by atoms with van der Waals surface area (Å²) < 4.78 is 5.63. The van der Waals surface area contributed by atoms with Crippen LogP contribution in [0.15, 0.2) is 30.4 Å². The van der Waals surface area contributed by atoms with Gasteiger partial charge in [0.2, 0.25) is 0 Å². The Bertz CT molecular complexity index is 844. The molecule has 0 radical (unpaired) electrons. The Morgan fingerprint density at radius 1 is 1.27 bits per heavy atom. The molecule has 0 bridgehead atoms. The summed E-state index contributed by atoms with van der Waals surface area (Å²) in [5.41, 5.74) is 5.77. The topological polar surface area (TPSA) is 142 Å². The fourth-order valence-electron chi connectivity index (χ4n) is 5.32. The zero-order valence-electron chi connectivity index (χ0n) is 19.6. The molecule has 5 N–H and O–H groups in total. The highest BCUT2D eigenvalue weighted by Gasteiger charge is 2.54. The molecule has 0 aromatic heterocycles. The van der Waals surface area contributed by atoms with Crippen LogP contribution >= 0.6 is 0 Å². The number of hydrogen-bond donors (Lipinski definition) is 4. The number of carbonyl (C=O) groups excluding carboxylic acids is 1. The summed E-state index contributed by atoms with van der Waals surface area (Å²) >= 11 is 0. The molecule has 0 spiro atoms. The van der Waals surface area contributed by atoms with Crippen LogP contribution in [0, 0.1) is 23.7 Å². The van der Waals surface area contributed by atoms with Crippen LogP contribution in [-0.4, -0.2) is 52.3 Å². The first-order valence-corrected chi connectivity index (χ1v) is 11.5. The first-order valence-electron chi connectivity index (χ1n) is 11.5. The lowest BCUT2D eigenvalue weighted by atomic mass is 9.53. The second-order valence-electron chi connectivity index (χ2n) is 8.75. The van der Waals surface area contributed by atoms with E-state index in [2.05, 4.69) is 23.6 Å². The second-order valence-corrected chi connectivity index (χ2v) is 8.75. The van der Waals surface area contributed by atoms with Crippen LogP contribution in [0.25, 0.3) is 0 Å². The van der Waals surface area contributed by atoms with Crippen molar-refractivity contribution in [1.29, 1.82) is 0 Å². The van der Waals surface area contributed by atoms with Crippen molar-refractivity contribution < 1.29 is 34.9 Å². The molecular weight excluding hydrogens is 428 g/mol. The molecule has 184 valence electrons. The second kappa shape index (κ2) is 12.0. The summed E-state index contributed by atoms with van der Waals surface area (Å²) in [4.78, 5) is 27.0. The van der Waals surface area contributed by atoms with Crippen LogP contribution in [0.5, 0.6) is 5.75 Å². The number of allylic oxidation sites excluding steroid dienone is 1. The van der Waals surface area contributed by atoms with Gasteiger partial charge in [0, 0.05) is 11.8 Å². The SMILES string of the molecule is CN.Cc1ccc(O)cc1[C@]12CCC[C@H](C)C1C=CC(OC(=O)CCCCO[N+](=O)O)[C@@H]2O. The van der Waals surface area contributed by atoms with Crippen LogP contribution in [-0.2, 0) is 19.8 Å². The number of nitrogens with two attached hydrogens (primary N) is 1. The number of nitrogens with zero attached hydrogens (tertiary/aromatic N) is 1. The average molecular weight is 466 g/mol. The fraction of sp³-hybridized carbons (Fsp3) is 0.625. The molecule has 33 heavy (non-hydrogen) atoms. The fourth-order valence-corrected chi connectivity index (χ4v) is 5.32. The number of aromatic hydroxyl groups is 1. The Kier molecular flexibility index (Phi) is 9.67. The van der Waals surface area contributed by atoms with Gasteiger partial charge >= 0.3 is 11.1 Å². The number of carbonyl (C=O) groups is 1. The normalized spacial score (nSPS) is 28.2. The summed E-state index contributed by atoms with van der Waals surface area (Å²) in [7, 11) is 1.50. The van der Waals surface area contributed by atoms with E-state index in [-0.39, 0.29) is 24.7 Å². The average Bonchev–Trinajstić information content (AvgIpc) is 2.78. The number of fused-ring (bicyclic) bond motifs is 1. The van der Waals surface area contributed by atoms with Crippen LogP contribution in [0.2, 0.25) is 0 Å². The molecule has 2 aliphatic carbocycles. The highest BCUT2D eigenvalue weighted by molar-refractivity contribution is 5.69. The largest absolute Gasteiger partial charge is 0.508 e. The van der Waals surface area contributed by atoms with Crippen molar-refractivity contribution in [3.8, 4) is 5.75 Å². The Hall–Kier alpha value is -2.65. The maximum Gasteiger partial charge on any atom is 0.475 e. The highest BCUT2D eigenvalue weighted by Crippen LogP contribution is 2.53. The molecule has 9 heteroatoms. The Morgan fingerprint density at radius 2 is 2.00 bits per heavy atom. The molecule has 1 aromatic rings. The minimum atomic E-state index is -0.929. The smallest absolute Gasteiger partial charge is 0.475 e. The molecule has 0 heterocycles. The number of aliphatic hydroxyl groups excluding tert-OH is 1. The van der Waals surface area contributed by atoms with Crippen molar-refractivity contribution in [3.63, 3.8) is 0 Å². The number of aryl methyl sites for hydroxylation is 1. The molecule has 1 saturated carbocycles. The molecule has 9 nitrogen and oxygen atoms in total. The van der Waals surface area contributed by atoms with E-state index in [1.165, 1.54) is 7.05 Å². The van der Waals surface area contributed by atoms with E-state index in [1.54, 1.807) is 18.2 Å². The summed E-state index contributed by atoms with van der Waals surface area (Å²) in [6.07, 6.45) is 5.84. The van der Waals surface area contributed by atoms with Gasteiger partial charge < -0.3 is 20.7 Å². The van der Waals surface area contributed by atoms with E-state index in [4.69, 9.17) is 9.94 Å². The Labute approximate surface area is 194 Å². The minimum absolute atomic E-state index is 0.00130. The Morgan fingerprint density at radius 3 is 2.70 bits per heavy atom. The zero-order valence-corrected chi connectivity index (χ0v) is 19.6. The van der Waals surface area contributed by atoms with Crippen LogP contribution < -0.4 is 5.73 Å². The molecule has 5 atom stereocenters. The van der Waals surface area contributed by atoms with Gasteiger partial charge in [-0.15, -0.1) is 0 Å². The van der Waals surface area contributed by atoms with Crippen LogP contribution in [0.1, 0.15) is 56.6 Å². The Balaban J connectivity index is 0.00000187. The third kappa shape index (κ3) is 6.03. The van der Waals surface area contributed by atoms with Gasteiger partial charge in [-0.25, -0.2) is 5.21 Å². The summed E-state index contributed by atoms with van der Waals surface area (Å²) in [6.45, 7) is 4.15. The van der Waals surface area contributed by atoms with Gasteiger partial charge in [-0.2, -0.15) is 4.84 Å². The monoisotopic (exact) mass is 465 g/mol. The number of aliphatic hydroxyl groups is 1. The number of hydrogen-bond acceptors (Lipinski definition) is 7. The predicted octanol–water partition coefficient (Wildman–Crippen LogP) is 3.06. The first-order chi connectivity index (χ1) is 15.8. The number of unbranched alkanes of at least 4 members (excludes halogenated alkanes) is 1. The van der Waals surface area contributed by atoms with E-state index in [0.717, 1.165) is 30.4 Å². The minimum Gasteiger partial charge on any atom is -0.508 e. The number of benzene rings is 1. The molecule has 0 saturated heterocycles. The maximum absolute atomic E-state index is 12.4. The number of phenolic OH excluding ortho intramolecular Hbond substituents is 1. The molecule has 2 unspecified atom stereocenters. The number of rotatable bonds is 8. The first kappa shape index (κ1) is 26.6. The van der Waals surface area contributed by atoms with E-state index < -0.39 is 28.7 Å². The van der Waals surface area contributed by atoms with Gasteiger partial charge in [-0.3, -0.25) is 4.79 Å². The number of esters is 1. The zero-order chi connectivity index (χ0) is 24.6. The van der Waals surface area contributed by atoms with Crippen LogP contribution in [0.4, 0.5) is 0 Å². The third-order valence-corrected chi connectivity index (χ3v) is 6.77. The van der Waals surface area contributed by atoms with Crippen molar-refractivity contribution >= 4 is 5.97 Å². The van der Waals surface area contributed by atoms with Gasteiger partial charge in [-0.1, -0.05) is 31.9 Å². The standard InChI is InChI=1S/C23H31NO7.CH5N/c1-15-6-5-12-23(19-14-17(25)9-8-16(19)2)18(15)10-11-20(22(23)27)31-21(26)7-3-4-13-30-24(28)29;1-2/h8-11,14-15,18,20,22,27H,3-7,12-13H2,1-2H3,(H-,25,28,29);2H2,1H3/p+1/t15-,18?,20?,22-,23-;/m0./s1. The van der Waals surface area contributed by atoms with E-state index in [0.29, 0.717) is 18.8 Å². The molecule has 0 aliphatic heterocycles. The number of phenols is 1. The molecule has 2 aliphatic rings. The van der Waals surface area contributed by atoms with Crippen molar-refractivity contribution in [2.75, 3.05) is 13.7 Å². The maximum atomic E-state index is 12.4. The van der Waals surface area contributed by atoms with Gasteiger partial charge in [0.1, 0.15) is 22.9 Å². The lowest BCUT2D eigenvalue weighted by Crippen LogP contribution is -2.57. The van der Waals surface area contributed by atoms with Gasteiger partial charge in [0.05, 0.1) is 0 Å². The summed E-state index contributed by atoms with van der Waals surface area (Å²) in [5, 5.41) is 29.5. The van der Waals surface area contributed by atoms with Gasteiger partial charge in [-0.05, 0) is 74.4 Å². The summed E-state index contributed by atoms with van der Waals surface area (Å²) in [6, 6.07) is 5.24. The van der Waals surface area contributed by atoms with Gasteiger partial charge in [0.15, 0.2) is 6.61 Å². The quantitative estimate of drug-likeness (QED) is 0.199. The molecular formula is C24H37N2O7+. The predicted molar refractivity (Wildman–Crippen MR) is 121 cm³/mol. The summed E-state index contributed by atoms with van der Waals surface area (Å²) in [5.74, 6) is 0.147. The van der Waals surface area contributed by atoms with E-state index in [1.807, 2.05) is 13.0 Å². The van der Waals surface area contributed by atoms with Crippen molar-refractivity contribution in [1.82, 2.24) is 0 Å². The highest BCUT2D eigenvalue weighted by atomic mass is 16.9. The molecule has 1 fully saturated rings.